The first-order valence-corrected chi connectivity index (χ1v) is 5.48. The fourth-order valence-corrected chi connectivity index (χ4v) is 1.84. The number of rotatable bonds is 5. The number of fused-ring (bicyclic) bond motifs is 1. The molecular formula is C13H16N2O2. The second-order valence-corrected chi connectivity index (χ2v) is 4.02. The van der Waals surface area contributed by atoms with Crippen LogP contribution in [-0.2, 0) is 6.42 Å². The molecule has 90 valence electrons. The number of benzene rings is 1. The Morgan fingerprint density at radius 1 is 1.35 bits per heavy atom. The van der Waals surface area contributed by atoms with Gasteiger partial charge >= 0.3 is 0 Å². The molecule has 0 aliphatic carbocycles. The topological polar surface area (TPSA) is 68.3 Å². The van der Waals surface area contributed by atoms with Gasteiger partial charge in [-0.1, -0.05) is 24.3 Å². The van der Waals surface area contributed by atoms with Crippen LogP contribution in [0.4, 0.5) is 0 Å². The molecule has 1 aromatic heterocycles. The Balaban J connectivity index is 2.20. The highest BCUT2D eigenvalue weighted by Crippen LogP contribution is 2.20. The average molecular weight is 232 g/mol. The van der Waals surface area contributed by atoms with Crippen molar-refractivity contribution < 1.29 is 10.2 Å². The molecule has 0 fully saturated rings. The number of nitrogens with one attached hydrogen (secondary N) is 2. The highest BCUT2D eigenvalue weighted by Gasteiger charge is 2.23. The number of aromatic amines is 1. The third-order valence-electron chi connectivity index (χ3n) is 2.64. The zero-order valence-electron chi connectivity index (χ0n) is 9.48. The zero-order chi connectivity index (χ0) is 12.3. The minimum atomic E-state index is -1.92. The van der Waals surface area contributed by atoms with Gasteiger partial charge in [-0.15, -0.1) is 6.58 Å². The van der Waals surface area contributed by atoms with E-state index in [2.05, 4.69) is 16.9 Å². The number of para-hydroxylation sites is 1. The maximum absolute atomic E-state index is 9.76. The minimum Gasteiger partial charge on any atom is -0.361 e. The van der Waals surface area contributed by atoms with Gasteiger partial charge in [0.2, 0.25) is 5.91 Å². The molecule has 2 rings (SSSR count). The summed E-state index contributed by atoms with van der Waals surface area (Å²) in [5.41, 5.74) is 1.85. The van der Waals surface area contributed by atoms with Crippen molar-refractivity contribution in [1.82, 2.24) is 10.3 Å². The third kappa shape index (κ3) is 2.74. The van der Waals surface area contributed by atoms with E-state index in [0.717, 1.165) is 16.5 Å². The lowest BCUT2D eigenvalue weighted by Crippen LogP contribution is -2.46. The predicted molar refractivity (Wildman–Crippen MR) is 67.4 cm³/mol. The highest BCUT2D eigenvalue weighted by atomic mass is 16.5. The largest absolute Gasteiger partial charge is 0.361 e. The molecule has 2 aromatic rings. The normalized spacial score (nSPS) is 11.9. The molecule has 4 nitrogen and oxygen atoms in total. The number of aromatic nitrogens is 1. The van der Waals surface area contributed by atoms with E-state index in [4.69, 9.17) is 0 Å². The van der Waals surface area contributed by atoms with Crippen LogP contribution < -0.4 is 5.32 Å². The Morgan fingerprint density at radius 3 is 2.88 bits per heavy atom. The van der Waals surface area contributed by atoms with E-state index < -0.39 is 5.91 Å². The van der Waals surface area contributed by atoms with Crippen molar-refractivity contribution in [1.29, 1.82) is 0 Å². The summed E-state index contributed by atoms with van der Waals surface area (Å²) < 4.78 is 0. The molecule has 0 saturated heterocycles. The van der Waals surface area contributed by atoms with Gasteiger partial charge in [-0.25, -0.2) is 0 Å². The molecule has 0 atom stereocenters. The van der Waals surface area contributed by atoms with Crippen molar-refractivity contribution in [2.24, 2.45) is 0 Å². The van der Waals surface area contributed by atoms with E-state index in [1.165, 1.54) is 0 Å². The van der Waals surface area contributed by atoms with E-state index in [9.17, 15) is 10.2 Å². The summed E-state index contributed by atoms with van der Waals surface area (Å²) in [4.78, 5) is 3.10. The maximum Gasteiger partial charge on any atom is 0.226 e. The smallest absolute Gasteiger partial charge is 0.226 e. The van der Waals surface area contributed by atoms with Crippen LogP contribution >= 0.6 is 0 Å². The summed E-state index contributed by atoms with van der Waals surface area (Å²) in [5.74, 6) is -1.92. The van der Waals surface area contributed by atoms with E-state index in [1.54, 1.807) is 12.3 Å². The molecule has 1 aromatic carbocycles. The molecule has 0 aliphatic heterocycles. The van der Waals surface area contributed by atoms with E-state index in [1.807, 2.05) is 24.3 Å². The van der Waals surface area contributed by atoms with Crippen LogP contribution in [0.2, 0.25) is 0 Å². The van der Waals surface area contributed by atoms with Gasteiger partial charge in [-0.3, -0.25) is 5.32 Å². The van der Waals surface area contributed by atoms with Crippen LogP contribution in [-0.4, -0.2) is 27.7 Å². The van der Waals surface area contributed by atoms with Gasteiger partial charge in [0.05, 0.1) is 0 Å². The molecule has 0 spiro atoms. The SMILES string of the molecule is C=CCNC(O)(O)Cc1c[nH]c2ccccc12. The standard InChI is InChI=1S/C13H16N2O2/c1-2-7-15-13(16,17)8-10-9-14-12-6-4-3-5-11(10)12/h2-6,9,14-17H,1,7-8H2. The molecule has 0 bridgehead atoms. The molecule has 0 amide bonds. The van der Waals surface area contributed by atoms with Crippen molar-refractivity contribution in [2.75, 3.05) is 6.54 Å². The van der Waals surface area contributed by atoms with Crippen LogP contribution in [0.25, 0.3) is 10.9 Å². The maximum atomic E-state index is 9.76. The van der Waals surface area contributed by atoms with Gasteiger partial charge in [0.1, 0.15) is 0 Å². The van der Waals surface area contributed by atoms with Crippen molar-refractivity contribution in [3.63, 3.8) is 0 Å². The lowest BCUT2D eigenvalue weighted by Gasteiger charge is -2.21. The number of hydrogen-bond donors (Lipinski definition) is 4. The summed E-state index contributed by atoms with van der Waals surface area (Å²) >= 11 is 0. The van der Waals surface area contributed by atoms with Crippen molar-refractivity contribution >= 4 is 10.9 Å². The summed E-state index contributed by atoms with van der Waals surface area (Å²) in [6.07, 6.45) is 3.49. The highest BCUT2D eigenvalue weighted by molar-refractivity contribution is 5.83. The van der Waals surface area contributed by atoms with E-state index >= 15 is 0 Å². The number of H-pyrrole nitrogens is 1. The summed E-state index contributed by atoms with van der Waals surface area (Å²) in [6, 6.07) is 7.76. The summed E-state index contributed by atoms with van der Waals surface area (Å²) in [5, 5.41) is 23.1. The molecule has 17 heavy (non-hydrogen) atoms. The Morgan fingerprint density at radius 2 is 2.12 bits per heavy atom. The lowest BCUT2D eigenvalue weighted by atomic mass is 10.1. The monoisotopic (exact) mass is 232 g/mol. The van der Waals surface area contributed by atoms with E-state index in [0.29, 0.717) is 6.54 Å². The Bertz CT molecular complexity index is 517. The van der Waals surface area contributed by atoms with Gasteiger partial charge in [0.25, 0.3) is 0 Å². The Labute approximate surface area is 99.6 Å². The third-order valence-corrected chi connectivity index (χ3v) is 2.64. The zero-order valence-corrected chi connectivity index (χ0v) is 9.48. The van der Waals surface area contributed by atoms with E-state index in [-0.39, 0.29) is 6.42 Å². The minimum absolute atomic E-state index is 0.116. The molecule has 1 heterocycles. The van der Waals surface area contributed by atoms with Gasteiger partial charge in [-0.2, -0.15) is 0 Å². The second kappa shape index (κ2) is 4.71. The van der Waals surface area contributed by atoms with Crippen LogP contribution in [0, 0.1) is 0 Å². The second-order valence-electron chi connectivity index (χ2n) is 4.02. The van der Waals surface area contributed by atoms with Gasteiger partial charge in [0, 0.05) is 30.1 Å². The van der Waals surface area contributed by atoms with Gasteiger partial charge in [-0.05, 0) is 11.6 Å². The summed E-state index contributed by atoms with van der Waals surface area (Å²) in [7, 11) is 0. The lowest BCUT2D eigenvalue weighted by molar-refractivity contribution is -0.181. The first-order chi connectivity index (χ1) is 8.12. The van der Waals surface area contributed by atoms with Crippen molar-refractivity contribution in [3.05, 3.63) is 48.7 Å². The van der Waals surface area contributed by atoms with Crippen LogP contribution in [0.15, 0.2) is 43.1 Å². The first-order valence-electron chi connectivity index (χ1n) is 5.48. The number of aliphatic hydroxyl groups is 2. The van der Waals surface area contributed by atoms with Gasteiger partial charge in [0.15, 0.2) is 0 Å². The average Bonchev–Trinajstić information content (AvgIpc) is 2.70. The van der Waals surface area contributed by atoms with Crippen LogP contribution in [0.5, 0.6) is 0 Å². The van der Waals surface area contributed by atoms with Crippen molar-refractivity contribution in [3.8, 4) is 0 Å². The first kappa shape index (κ1) is 11.9. The van der Waals surface area contributed by atoms with Crippen molar-refractivity contribution in [2.45, 2.75) is 12.3 Å². The molecule has 4 heteroatoms. The molecule has 0 unspecified atom stereocenters. The summed E-state index contributed by atoms with van der Waals surface area (Å²) in [6.45, 7) is 3.86. The van der Waals surface area contributed by atoms with Crippen LogP contribution in [0.1, 0.15) is 5.56 Å². The fraction of sp³-hybridized carbons (Fsp3) is 0.231. The number of hydrogen-bond acceptors (Lipinski definition) is 3. The fourth-order valence-electron chi connectivity index (χ4n) is 1.84. The molecule has 0 aliphatic rings. The molecule has 0 saturated carbocycles. The Hall–Kier alpha value is -1.62. The molecule has 0 radical (unpaired) electrons. The molecular weight excluding hydrogens is 216 g/mol. The molecule has 4 N–H and O–H groups in total. The quantitative estimate of drug-likeness (QED) is 0.461. The predicted octanol–water partition coefficient (Wildman–Crippen LogP) is 1.12. The van der Waals surface area contributed by atoms with Crippen LogP contribution in [0.3, 0.4) is 0 Å². The Kier molecular flexibility index (Phi) is 3.28. The van der Waals surface area contributed by atoms with Gasteiger partial charge < -0.3 is 15.2 Å².